The third-order valence-corrected chi connectivity index (χ3v) is 5.90. The van der Waals surface area contributed by atoms with Crippen molar-refractivity contribution in [2.75, 3.05) is 26.2 Å². The Balaban J connectivity index is 1.78. The molecular formula is C22H20ClFN2O4. The number of piperazine rings is 1. The fraction of sp³-hybridized carbons (Fsp3) is 0.273. The van der Waals surface area contributed by atoms with Crippen LogP contribution in [0.4, 0.5) is 4.39 Å². The Labute approximate surface area is 178 Å². The molecule has 1 N–H and O–H groups in total. The maximum atomic E-state index is 14.5. The summed E-state index contributed by atoms with van der Waals surface area (Å²) in [6, 6.07) is 5.26. The van der Waals surface area contributed by atoms with E-state index in [4.69, 9.17) is 16.3 Å². The lowest BCUT2D eigenvalue weighted by atomic mass is 9.95. The monoisotopic (exact) mass is 430 g/mol. The van der Waals surface area contributed by atoms with Crippen molar-refractivity contribution in [3.8, 4) is 22.6 Å². The third kappa shape index (κ3) is 3.19. The largest absolute Gasteiger partial charge is 0.507 e. The van der Waals surface area contributed by atoms with Crippen LogP contribution in [0.2, 0.25) is 5.02 Å². The summed E-state index contributed by atoms with van der Waals surface area (Å²) in [6.45, 7) is 6.42. The molecular weight excluding hydrogens is 411 g/mol. The molecule has 2 aliphatic rings. The van der Waals surface area contributed by atoms with E-state index in [9.17, 15) is 19.1 Å². The molecule has 2 aromatic carbocycles. The minimum absolute atomic E-state index is 0.0384. The number of hydrogen-bond acceptors (Lipinski definition) is 4. The molecule has 2 aliphatic heterocycles. The van der Waals surface area contributed by atoms with Gasteiger partial charge < -0.3 is 19.6 Å². The van der Waals surface area contributed by atoms with E-state index in [2.05, 4.69) is 6.58 Å². The molecule has 2 aromatic rings. The minimum Gasteiger partial charge on any atom is -0.507 e. The molecule has 0 radical (unpaired) electrons. The number of phenolic OH excluding ortho intramolecular Hbond substituents is 1. The summed E-state index contributed by atoms with van der Waals surface area (Å²) in [4.78, 5) is 28.5. The van der Waals surface area contributed by atoms with Crippen molar-refractivity contribution in [3.63, 3.8) is 0 Å². The third-order valence-electron chi connectivity index (χ3n) is 5.54. The van der Waals surface area contributed by atoms with Crippen molar-refractivity contribution in [2.24, 2.45) is 0 Å². The normalized spacial score (nSPS) is 18.2. The highest BCUT2D eigenvalue weighted by atomic mass is 35.5. The van der Waals surface area contributed by atoms with E-state index < -0.39 is 5.82 Å². The van der Waals surface area contributed by atoms with Crippen LogP contribution in [0.15, 0.2) is 36.9 Å². The maximum absolute atomic E-state index is 14.5. The van der Waals surface area contributed by atoms with Gasteiger partial charge in [-0.2, -0.15) is 0 Å². The van der Waals surface area contributed by atoms with Gasteiger partial charge in [-0.3, -0.25) is 9.59 Å². The van der Waals surface area contributed by atoms with Gasteiger partial charge in [-0.15, -0.1) is 0 Å². The summed E-state index contributed by atoms with van der Waals surface area (Å²) in [5, 5.41) is 10.3. The van der Waals surface area contributed by atoms with E-state index in [0.717, 1.165) is 0 Å². The minimum atomic E-state index is -0.629. The van der Waals surface area contributed by atoms with Crippen LogP contribution in [0.5, 0.6) is 11.5 Å². The fourth-order valence-corrected chi connectivity index (χ4v) is 4.45. The number of aromatic hydroxyl groups is 1. The molecule has 0 aromatic heterocycles. The molecule has 0 aliphatic carbocycles. The number of rotatable bonds is 2. The number of phenols is 1. The number of nitrogens with zero attached hydrogens (tertiary/aromatic N) is 2. The lowest BCUT2D eigenvalue weighted by molar-refractivity contribution is -0.128. The van der Waals surface area contributed by atoms with Gasteiger partial charge in [-0.1, -0.05) is 24.2 Å². The number of fused-ring (bicyclic) bond motifs is 2. The number of ether oxygens (including phenoxy) is 1. The molecule has 8 heteroatoms. The molecule has 1 fully saturated rings. The van der Waals surface area contributed by atoms with Gasteiger partial charge in [0, 0.05) is 25.2 Å². The molecule has 0 spiro atoms. The molecule has 1 saturated heterocycles. The SMILES string of the molecule is C=CC(=O)N1CCN2C(=O)c3cc(C)c(-c4c(O)cccc4F)c(Cl)c3OC[C@H]2C1. The van der Waals surface area contributed by atoms with Gasteiger partial charge in [0.25, 0.3) is 5.91 Å². The van der Waals surface area contributed by atoms with E-state index in [1.165, 1.54) is 24.3 Å². The highest BCUT2D eigenvalue weighted by Gasteiger charge is 2.38. The fourth-order valence-electron chi connectivity index (χ4n) is 4.06. The first kappa shape index (κ1) is 20.2. The van der Waals surface area contributed by atoms with Crippen molar-refractivity contribution in [3.05, 3.63) is 58.9 Å². The van der Waals surface area contributed by atoms with Crippen LogP contribution in [0.3, 0.4) is 0 Å². The summed E-state index contributed by atoms with van der Waals surface area (Å²) >= 11 is 6.60. The second-order valence-corrected chi connectivity index (χ2v) is 7.72. The maximum Gasteiger partial charge on any atom is 0.258 e. The van der Waals surface area contributed by atoms with Crippen LogP contribution in [0.1, 0.15) is 15.9 Å². The number of aryl methyl sites for hydroxylation is 1. The molecule has 0 bridgehead atoms. The first-order valence-corrected chi connectivity index (χ1v) is 9.87. The lowest BCUT2D eigenvalue weighted by Gasteiger charge is -2.39. The highest BCUT2D eigenvalue weighted by molar-refractivity contribution is 6.36. The topological polar surface area (TPSA) is 70.1 Å². The number of benzene rings is 2. The van der Waals surface area contributed by atoms with E-state index in [-0.39, 0.29) is 57.7 Å². The first-order chi connectivity index (χ1) is 14.3. The van der Waals surface area contributed by atoms with Gasteiger partial charge in [-0.05, 0) is 36.8 Å². The van der Waals surface area contributed by atoms with Gasteiger partial charge in [0.05, 0.1) is 22.2 Å². The van der Waals surface area contributed by atoms with Crippen molar-refractivity contribution >= 4 is 23.4 Å². The van der Waals surface area contributed by atoms with Crippen molar-refractivity contribution in [1.82, 2.24) is 9.80 Å². The number of amides is 2. The lowest BCUT2D eigenvalue weighted by Crippen LogP contribution is -2.57. The van der Waals surface area contributed by atoms with Crippen LogP contribution in [-0.2, 0) is 4.79 Å². The molecule has 156 valence electrons. The molecule has 0 unspecified atom stereocenters. The molecule has 2 amide bonds. The van der Waals surface area contributed by atoms with E-state index in [1.54, 1.807) is 22.8 Å². The van der Waals surface area contributed by atoms with Gasteiger partial charge >= 0.3 is 0 Å². The highest BCUT2D eigenvalue weighted by Crippen LogP contribution is 2.45. The average molecular weight is 431 g/mol. The predicted octanol–water partition coefficient (Wildman–Crippen LogP) is 3.39. The molecule has 0 saturated carbocycles. The van der Waals surface area contributed by atoms with Crippen LogP contribution >= 0.6 is 11.6 Å². The second kappa shape index (κ2) is 7.65. The number of carbonyl (C=O) groups excluding carboxylic acids is 2. The number of hydrogen-bond donors (Lipinski definition) is 1. The van der Waals surface area contributed by atoms with Gasteiger partial charge in [0.1, 0.15) is 18.2 Å². The van der Waals surface area contributed by atoms with Crippen LogP contribution in [0.25, 0.3) is 11.1 Å². The van der Waals surface area contributed by atoms with Gasteiger partial charge in [0.15, 0.2) is 5.75 Å². The average Bonchev–Trinajstić information content (AvgIpc) is 2.86. The zero-order valence-corrected chi connectivity index (χ0v) is 17.1. The molecule has 30 heavy (non-hydrogen) atoms. The summed E-state index contributed by atoms with van der Waals surface area (Å²) in [7, 11) is 0. The second-order valence-electron chi connectivity index (χ2n) is 7.34. The van der Waals surface area contributed by atoms with Crippen LogP contribution < -0.4 is 4.74 Å². The van der Waals surface area contributed by atoms with Crippen molar-refractivity contribution in [2.45, 2.75) is 13.0 Å². The zero-order chi connectivity index (χ0) is 21.6. The van der Waals surface area contributed by atoms with E-state index in [0.29, 0.717) is 25.2 Å². The predicted molar refractivity (Wildman–Crippen MR) is 110 cm³/mol. The van der Waals surface area contributed by atoms with Crippen molar-refractivity contribution in [1.29, 1.82) is 0 Å². The molecule has 2 heterocycles. The zero-order valence-electron chi connectivity index (χ0n) is 16.3. The summed E-state index contributed by atoms with van der Waals surface area (Å²) in [6.07, 6.45) is 1.25. The first-order valence-electron chi connectivity index (χ1n) is 9.49. The summed E-state index contributed by atoms with van der Waals surface area (Å²) in [5.74, 6) is -1.18. The Morgan fingerprint density at radius 1 is 1.37 bits per heavy atom. The van der Waals surface area contributed by atoms with Gasteiger partial charge in [0.2, 0.25) is 5.91 Å². The summed E-state index contributed by atoms with van der Waals surface area (Å²) in [5.41, 5.74) is 1.06. The number of halogens is 2. The Morgan fingerprint density at radius 3 is 2.83 bits per heavy atom. The molecule has 4 rings (SSSR count). The Hall–Kier alpha value is -3.06. The quantitative estimate of drug-likeness (QED) is 0.741. The smallest absolute Gasteiger partial charge is 0.258 e. The Kier molecular flexibility index (Phi) is 5.15. The van der Waals surface area contributed by atoms with Crippen LogP contribution in [0, 0.1) is 12.7 Å². The van der Waals surface area contributed by atoms with Crippen molar-refractivity contribution < 1.29 is 23.8 Å². The van der Waals surface area contributed by atoms with E-state index >= 15 is 0 Å². The summed E-state index contributed by atoms with van der Waals surface area (Å²) < 4.78 is 20.4. The Morgan fingerprint density at radius 2 is 2.13 bits per heavy atom. The Bertz CT molecular complexity index is 1050. The van der Waals surface area contributed by atoms with E-state index in [1.807, 2.05) is 0 Å². The molecule has 1 atom stereocenters. The standard InChI is InChI=1S/C22H20ClFN2O4/c1-3-17(28)25-7-8-26-13(10-25)11-30-21-14(22(26)29)9-12(2)18(20(21)23)19-15(24)5-4-6-16(19)27/h3-6,9,13,27H,1,7-8,10-11H2,2H3/t13-/m1/s1. The molecule has 6 nitrogen and oxygen atoms in total. The van der Waals surface area contributed by atoms with Crippen LogP contribution in [-0.4, -0.2) is 59.0 Å². The number of carbonyl (C=O) groups is 2. The van der Waals surface area contributed by atoms with Gasteiger partial charge in [-0.25, -0.2) is 4.39 Å².